The standard InChI is InChI=1S/C15H24N4O2/c1-3-16-15(20)19-10-8-12(9-11-19)17-13-6-5-7-14(18-13)21-4-2/h5-7,12H,3-4,8-11H2,1-2H3,(H,16,20)(H,17,18). The Hall–Kier alpha value is -1.98. The third kappa shape index (κ3) is 4.51. The number of ether oxygens (including phenoxy) is 1. The van der Waals surface area contributed by atoms with Gasteiger partial charge in [-0.05, 0) is 32.8 Å². The smallest absolute Gasteiger partial charge is 0.317 e. The predicted octanol–water partition coefficient (Wildman–Crippen LogP) is 2.09. The van der Waals surface area contributed by atoms with Crippen molar-refractivity contribution in [3.63, 3.8) is 0 Å². The molecular weight excluding hydrogens is 268 g/mol. The number of anilines is 1. The molecule has 0 bridgehead atoms. The lowest BCUT2D eigenvalue weighted by atomic mass is 10.1. The van der Waals surface area contributed by atoms with Gasteiger partial charge in [-0.15, -0.1) is 0 Å². The monoisotopic (exact) mass is 292 g/mol. The third-order valence-electron chi connectivity index (χ3n) is 3.48. The first kappa shape index (κ1) is 15.4. The molecule has 1 saturated heterocycles. The van der Waals surface area contributed by atoms with Crippen LogP contribution in [0.25, 0.3) is 0 Å². The summed E-state index contributed by atoms with van der Waals surface area (Å²) in [6.07, 6.45) is 1.86. The first-order valence-corrected chi connectivity index (χ1v) is 7.62. The number of aromatic nitrogens is 1. The Morgan fingerprint density at radius 2 is 2.14 bits per heavy atom. The summed E-state index contributed by atoms with van der Waals surface area (Å²) in [5.74, 6) is 1.47. The molecule has 0 unspecified atom stereocenters. The van der Waals surface area contributed by atoms with E-state index in [1.165, 1.54) is 0 Å². The number of likely N-dealkylation sites (tertiary alicyclic amines) is 1. The summed E-state index contributed by atoms with van der Waals surface area (Å²) in [5.41, 5.74) is 0. The van der Waals surface area contributed by atoms with Gasteiger partial charge in [0.25, 0.3) is 0 Å². The highest BCUT2D eigenvalue weighted by Crippen LogP contribution is 2.17. The van der Waals surface area contributed by atoms with Crippen LogP contribution in [0.5, 0.6) is 5.88 Å². The number of hydrogen-bond acceptors (Lipinski definition) is 4. The van der Waals surface area contributed by atoms with Gasteiger partial charge in [-0.25, -0.2) is 4.79 Å². The molecule has 6 nitrogen and oxygen atoms in total. The number of carbonyl (C=O) groups excluding carboxylic acids is 1. The molecule has 1 aliphatic rings. The third-order valence-corrected chi connectivity index (χ3v) is 3.48. The van der Waals surface area contributed by atoms with Gasteiger partial charge in [0.1, 0.15) is 5.82 Å². The SMILES string of the molecule is CCNC(=O)N1CCC(Nc2cccc(OCC)n2)CC1. The molecule has 0 aromatic carbocycles. The molecule has 1 fully saturated rings. The number of piperidine rings is 1. The predicted molar refractivity (Wildman–Crippen MR) is 82.7 cm³/mol. The summed E-state index contributed by atoms with van der Waals surface area (Å²) < 4.78 is 5.40. The van der Waals surface area contributed by atoms with E-state index in [0.29, 0.717) is 25.1 Å². The maximum Gasteiger partial charge on any atom is 0.317 e. The number of carbonyl (C=O) groups is 1. The van der Waals surface area contributed by atoms with E-state index in [-0.39, 0.29) is 6.03 Å². The van der Waals surface area contributed by atoms with Gasteiger partial charge in [0.2, 0.25) is 5.88 Å². The van der Waals surface area contributed by atoms with E-state index < -0.39 is 0 Å². The first-order chi connectivity index (χ1) is 10.2. The van der Waals surface area contributed by atoms with Crippen LogP contribution in [0.2, 0.25) is 0 Å². The fourth-order valence-corrected chi connectivity index (χ4v) is 2.42. The minimum Gasteiger partial charge on any atom is -0.478 e. The highest BCUT2D eigenvalue weighted by Gasteiger charge is 2.22. The summed E-state index contributed by atoms with van der Waals surface area (Å²) in [7, 11) is 0. The van der Waals surface area contributed by atoms with Gasteiger partial charge in [0.15, 0.2) is 0 Å². The summed E-state index contributed by atoms with van der Waals surface area (Å²) in [5, 5.41) is 6.26. The second-order valence-electron chi connectivity index (χ2n) is 5.04. The van der Waals surface area contributed by atoms with Crippen LogP contribution in [-0.4, -0.2) is 48.2 Å². The zero-order valence-electron chi connectivity index (χ0n) is 12.8. The molecule has 1 aromatic heterocycles. The largest absolute Gasteiger partial charge is 0.478 e. The summed E-state index contributed by atoms with van der Waals surface area (Å²) in [6.45, 7) is 6.71. The van der Waals surface area contributed by atoms with Crippen LogP contribution in [-0.2, 0) is 0 Å². The van der Waals surface area contributed by atoms with Crippen molar-refractivity contribution in [1.82, 2.24) is 15.2 Å². The highest BCUT2D eigenvalue weighted by atomic mass is 16.5. The molecule has 1 aromatic rings. The Balaban J connectivity index is 1.83. The van der Waals surface area contributed by atoms with Crippen molar-refractivity contribution >= 4 is 11.8 Å². The van der Waals surface area contributed by atoms with Gasteiger partial charge in [-0.1, -0.05) is 6.07 Å². The van der Waals surface area contributed by atoms with Gasteiger partial charge in [-0.2, -0.15) is 4.98 Å². The molecule has 0 aliphatic carbocycles. The van der Waals surface area contributed by atoms with Crippen molar-refractivity contribution in [2.24, 2.45) is 0 Å². The van der Waals surface area contributed by atoms with E-state index in [9.17, 15) is 4.79 Å². The van der Waals surface area contributed by atoms with Crippen LogP contribution in [0.1, 0.15) is 26.7 Å². The first-order valence-electron chi connectivity index (χ1n) is 7.62. The second-order valence-corrected chi connectivity index (χ2v) is 5.04. The van der Waals surface area contributed by atoms with Gasteiger partial charge in [-0.3, -0.25) is 0 Å². The molecule has 0 atom stereocenters. The molecule has 2 heterocycles. The van der Waals surface area contributed by atoms with Crippen molar-refractivity contribution in [3.8, 4) is 5.88 Å². The minimum absolute atomic E-state index is 0.0346. The molecule has 2 N–H and O–H groups in total. The van der Waals surface area contributed by atoms with Crippen molar-refractivity contribution in [1.29, 1.82) is 0 Å². The van der Waals surface area contributed by atoms with E-state index in [1.54, 1.807) is 0 Å². The fourth-order valence-electron chi connectivity index (χ4n) is 2.42. The Labute approximate surface area is 125 Å². The molecule has 0 radical (unpaired) electrons. The number of nitrogens with zero attached hydrogens (tertiary/aromatic N) is 2. The maximum absolute atomic E-state index is 11.7. The summed E-state index contributed by atoms with van der Waals surface area (Å²) in [6, 6.07) is 6.11. The lowest BCUT2D eigenvalue weighted by Gasteiger charge is -2.32. The van der Waals surface area contributed by atoms with E-state index in [0.717, 1.165) is 31.7 Å². The van der Waals surface area contributed by atoms with Crippen LogP contribution in [0.4, 0.5) is 10.6 Å². The average molecular weight is 292 g/mol. The van der Waals surface area contributed by atoms with E-state index in [4.69, 9.17) is 4.74 Å². The summed E-state index contributed by atoms with van der Waals surface area (Å²) >= 11 is 0. The minimum atomic E-state index is 0.0346. The molecule has 2 amide bonds. The van der Waals surface area contributed by atoms with Crippen molar-refractivity contribution in [2.75, 3.05) is 31.6 Å². The number of pyridine rings is 1. The topological polar surface area (TPSA) is 66.5 Å². The number of urea groups is 1. The Morgan fingerprint density at radius 1 is 1.38 bits per heavy atom. The second kappa shape index (κ2) is 7.71. The van der Waals surface area contributed by atoms with Crippen molar-refractivity contribution in [2.45, 2.75) is 32.7 Å². The molecular formula is C15H24N4O2. The number of hydrogen-bond donors (Lipinski definition) is 2. The van der Waals surface area contributed by atoms with E-state index in [2.05, 4.69) is 15.6 Å². The zero-order valence-corrected chi connectivity index (χ0v) is 12.8. The molecule has 2 rings (SSSR count). The van der Waals surface area contributed by atoms with Crippen LogP contribution < -0.4 is 15.4 Å². The van der Waals surface area contributed by atoms with Crippen LogP contribution in [0, 0.1) is 0 Å². The lowest BCUT2D eigenvalue weighted by molar-refractivity contribution is 0.184. The molecule has 116 valence electrons. The molecule has 6 heteroatoms. The number of nitrogens with one attached hydrogen (secondary N) is 2. The molecule has 21 heavy (non-hydrogen) atoms. The quantitative estimate of drug-likeness (QED) is 0.872. The maximum atomic E-state index is 11.7. The van der Waals surface area contributed by atoms with Gasteiger partial charge < -0.3 is 20.3 Å². The number of amides is 2. The van der Waals surface area contributed by atoms with Crippen LogP contribution in [0.3, 0.4) is 0 Å². The Kier molecular flexibility index (Phi) is 5.66. The molecule has 0 spiro atoms. The average Bonchev–Trinajstić information content (AvgIpc) is 2.49. The summed E-state index contributed by atoms with van der Waals surface area (Å²) in [4.78, 5) is 18.0. The normalized spacial score (nSPS) is 15.6. The van der Waals surface area contributed by atoms with Crippen molar-refractivity contribution in [3.05, 3.63) is 18.2 Å². The van der Waals surface area contributed by atoms with E-state index >= 15 is 0 Å². The Morgan fingerprint density at radius 3 is 2.81 bits per heavy atom. The van der Waals surface area contributed by atoms with Crippen LogP contribution >= 0.6 is 0 Å². The lowest BCUT2D eigenvalue weighted by Crippen LogP contribution is -2.46. The van der Waals surface area contributed by atoms with E-state index in [1.807, 2.05) is 36.9 Å². The molecule has 1 aliphatic heterocycles. The Bertz CT molecular complexity index is 459. The van der Waals surface area contributed by atoms with Gasteiger partial charge in [0, 0.05) is 31.7 Å². The van der Waals surface area contributed by atoms with Crippen molar-refractivity contribution < 1.29 is 9.53 Å². The number of rotatable bonds is 5. The molecule has 0 saturated carbocycles. The fraction of sp³-hybridized carbons (Fsp3) is 0.600. The highest BCUT2D eigenvalue weighted by molar-refractivity contribution is 5.74. The zero-order chi connectivity index (χ0) is 15.1. The van der Waals surface area contributed by atoms with Gasteiger partial charge in [0.05, 0.1) is 6.61 Å². The van der Waals surface area contributed by atoms with Gasteiger partial charge >= 0.3 is 6.03 Å². The van der Waals surface area contributed by atoms with Crippen LogP contribution in [0.15, 0.2) is 18.2 Å².